The van der Waals surface area contributed by atoms with Gasteiger partial charge in [0.15, 0.2) is 0 Å². The van der Waals surface area contributed by atoms with Gasteiger partial charge >= 0.3 is 6.43 Å². The van der Waals surface area contributed by atoms with Crippen molar-refractivity contribution in [2.45, 2.75) is 32.9 Å². The Bertz CT molecular complexity index is 1090. The van der Waals surface area contributed by atoms with Crippen LogP contribution in [0.1, 0.15) is 37.9 Å². The lowest BCUT2D eigenvalue weighted by Gasteiger charge is -2.10. The van der Waals surface area contributed by atoms with E-state index in [0.717, 1.165) is 11.0 Å². The minimum atomic E-state index is -2.80. The Morgan fingerprint density at radius 1 is 1.11 bits per heavy atom. The van der Waals surface area contributed by atoms with Gasteiger partial charge in [0.1, 0.15) is 12.4 Å². The molecular weight excluding hydrogens is 368 g/mol. The Labute approximate surface area is 159 Å². The molecule has 1 aromatic carbocycles. The zero-order valence-corrected chi connectivity index (χ0v) is 15.2. The quantitative estimate of drug-likeness (QED) is 0.483. The fourth-order valence-corrected chi connectivity index (χ4v) is 2.74. The highest BCUT2D eigenvalue weighted by atomic mass is 19.3. The van der Waals surface area contributed by atoms with Crippen LogP contribution in [0.5, 0.6) is 5.75 Å². The van der Waals surface area contributed by atoms with Gasteiger partial charge in [-0.25, -0.2) is 4.98 Å². The van der Waals surface area contributed by atoms with Crippen molar-refractivity contribution >= 4 is 11.0 Å². The fourth-order valence-electron chi connectivity index (χ4n) is 2.74. The zero-order valence-electron chi connectivity index (χ0n) is 15.2. The van der Waals surface area contributed by atoms with Gasteiger partial charge < -0.3 is 13.7 Å². The summed E-state index contributed by atoms with van der Waals surface area (Å²) in [6, 6.07) is 9.41. The van der Waals surface area contributed by atoms with E-state index in [1.165, 1.54) is 6.20 Å². The molecule has 0 atom stereocenters. The molecule has 0 N–H and O–H groups in total. The first-order valence-electron chi connectivity index (χ1n) is 8.67. The molecule has 4 rings (SSSR count). The number of rotatable bonds is 6. The predicted molar refractivity (Wildman–Crippen MR) is 96.9 cm³/mol. The lowest BCUT2D eigenvalue weighted by Crippen LogP contribution is -2.00. The van der Waals surface area contributed by atoms with Gasteiger partial charge in [0.05, 0.1) is 28.6 Å². The molecule has 0 aliphatic heterocycles. The molecule has 3 heterocycles. The SMILES string of the molecule is CC(C)n1cnc2ccc(OCc3ccc(-c4nnc(C(F)F)o4)cn3)cc21. The summed E-state index contributed by atoms with van der Waals surface area (Å²) in [6.07, 6.45) is 0.501. The first kappa shape index (κ1) is 18.0. The van der Waals surface area contributed by atoms with Gasteiger partial charge in [-0.05, 0) is 38.1 Å². The number of alkyl halides is 2. The van der Waals surface area contributed by atoms with E-state index >= 15 is 0 Å². The first-order valence-corrected chi connectivity index (χ1v) is 8.67. The smallest absolute Gasteiger partial charge is 0.314 e. The van der Waals surface area contributed by atoms with Gasteiger partial charge in [-0.3, -0.25) is 4.98 Å². The van der Waals surface area contributed by atoms with Crippen LogP contribution in [0.2, 0.25) is 0 Å². The standard InChI is InChI=1S/C19H17F2N5O2/c1-11(2)26-10-23-15-6-5-14(7-16(15)26)27-9-13-4-3-12(8-22-13)18-24-25-19(28-18)17(20)21/h3-8,10-11,17H,9H2,1-2H3. The van der Waals surface area contributed by atoms with E-state index in [1.807, 2.05) is 24.5 Å². The Morgan fingerprint density at radius 3 is 2.64 bits per heavy atom. The van der Waals surface area contributed by atoms with Crippen LogP contribution < -0.4 is 4.74 Å². The molecule has 3 aromatic heterocycles. The molecule has 0 unspecified atom stereocenters. The number of hydrogen-bond acceptors (Lipinski definition) is 6. The number of ether oxygens (including phenoxy) is 1. The van der Waals surface area contributed by atoms with Crippen LogP contribution in [0.25, 0.3) is 22.5 Å². The van der Waals surface area contributed by atoms with Gasteiger partial charge in [-0.1, -0.05) is 0 Å². The highest BCUT2D eigenvalue weighted by molar-refractivity contribution is 5.77. The maximum atomic E-state index is 12.5. The Morgan fingerprint density at radius 2 is 1.96 bits per heavy atom. The van der Waals surface area contributed by atoms with Gasteiger partial charge in [-0.15, -0.1) is 10.2 Å². The second kappa shape index (κ2) is 7.34. The van der Waals surface area contributed by atoms with Crippen molar-refractivity contribution in [3.8, 4) is 17.2 Å². The normalized spacial score (nSPS) is 11.6. The van der Waals surface area contributed by atoms with E-state index in [1.54, 1.807) is 12.1 Å². The Kier molecular flexibility index (Phi) is 4.72. The average molecular weight is 385 g/mol. The minimum absolute atomic E-state index is 0.00247. The second-order valence-corrected chi connectivity index (χ2v) is 6.47. The summed E-state index contributed by atoms with van der Waals surface area (Å²) in [5, 5.41) is 6.91. The molecule has 4 aromatic rings. The third-order valence-corrected chi connectivity index (χ3v) is 4.19. The van der Waals surface area contributed by atoms with Crippen LogP contribution in [0.15, 0.2) is 47.3 Å². The number of pyridine rings is 1. The van der Waals surface area contributed by atoms with Crippen LogP contribution in [0, 0.1) is 0 Å². The van der Waals surface area contributed by atoms with E-state index in [2.05, 4.69) is 38.6 Å². The summed E-state index contributed by atoms with van der Waals surface area (Å²) in [5.74, 6) is 0.000334. The number of halogens is 2. The molecule has 0 spiro atoms. The van der Waals surface area contributed by atoms with Gasteiger partial charge in [0.2, 0.25) is 5.89 Å². The van der Waals surface area contributed by atoms with Crippen molar-refractivity contribution < 1.29 is 17.9 Å². The summed E-state index contributed by atoms with van der Waals surface area (Å²) in [5.41, 5.74) is 3.05. The number of nitrogens with zero attached hydrogens (tertiary/aromatic N) is 5. The molecule has 0 amide bonds. The minimum Gasteiger partial charge on any atom is -0.487 e. The van der Waals surface area contributed by atoms with Crippen molar-refractivity contribution in [3.63, 3.8) is 0 Å². The highest BCUT2D eigenvalue weighted by Crippen LogP contribution is 2.25. The maximum absolute atomic E-state index is 12.5. The van der Waals surface area contributed by atoms with Gasteiger partial charge in [0.25, 0.3) is 5.89 Å². The van der Waals surface area contributed by atoms with Crippen molar-refractivity contribution in [3.05, 3.63) is 54.4 Å². The molecule has 0 radical (unpaired) electrons. The van der Waals surface area contributed by atoms with E-state index in [9.17, 15) is 8.78 Å². The number of benzene rings is 1. The monoisotopic (exact) mass is 385 g/mol. The Balaban J connectivity index is 1.46. The van der Waals surface area contributed by atoms with E-state index in [-0.39, 0.29) is 12.5 Å². The average Bonchev–Trinajstić information content (AvgIpc) is 3.34. The van der Waals surface area contributed by atoms with Gasteiger partial charge in [0, 0.05) is 18.3 Å². The highest BCUT2D eigenvalue weighted by Gasteiger charge is 2.17. The van der Waals surface area contributed by atoms with Gasteiger partial charge in [-0.2, -0.15) is 8.78 Å². The van der Waals surface area contributed by atoms with E-state index in [0.29, 0.717) is 23.0 Å². The van der Waals surface area contributed by atoms with Crippen molar-refractivity contribution in [2.75, 3.05) is 0 Å². The lowest BCUT2D eigenvalue weighted by molar-refractivity contribution is 0.116. The predicted octanol–water partition coefficient (Wildman–Crippen LogP) is 4.58. The number of hydrogen-bond donors (Lipinski definition) is 0. The molecule has 28 heavy (non-hydrogen) atoms. The molecule has 0 bridgehead atoms. The Hall–Kier alpha value is -3.36. The summed E-state index contributed by atoms with van der Waals surface area (Å²) in [4.78, 5) is 8.64. The molecule has 144 valence electrons. The molecule has 0 aliphatic carbocycles. The first-order chi connectivity index (χ1) is 13.5. The number of imidazole rings is 1. The molecule has 7 nitrogen and oxygen atoms in total. The van der Waals surface area contributed by atoms with Crippen molar-refractivity contribution in [2.24, 2.45) is 0 Å². The number of fused-ring (bicyclic) bond motifs is 1. The van der Waals surface area contributed by atoms with Crippen molar-refractivity contribution in [1.82, 2.24) is 24.7 Å². The van der Waals surface area contributed by atoms with Crippen LogP contribution in [-0.4, -0.2) is 24.7 Å². The second-order valence-electron chi connectivity index (χ2n) is 6.47. The largest absolute Gasteiger partial charge is 0.487 e. The molecule has 9 heteroatoms. The fraction of sp³-hybridized carbons (Fsp3) is 0.263. The zero-order chi connectivity index (χ0) is 19.7. The van der Waals surface area contributed by atoms with Crippen molar-refractivity contribution in [1.29, 1.82) is 0 Å². The lowest BCUT2D eigenvalue weighted by atomic mass is 10.2. The third-order valence-electron chi connectivity index (χ3n) is 4.19. The molecule has 0 saturated carbocycles. The van der Waals surface area contributed by atoms with Crippen LogP contribution in [-0.2, 0) is 6.61 Å². The molecule has 0 fully saturated rings. The summed E-state index contributed by atoms with van der Waals surface area (Å²) in [7, 11) is 0. The van der Waals surface area contributed by atoms with E-state index < -0.39 is 12.3 Å². The third kappa shape index (κ3) is 3.55. The molecule has 0 aliphatic rings. The maximum Gasteiger partial charge on any atom is 0.314 e. The van der Waals surface area contributed by atoms with Crippen LogP contribution in [0.4, 0.5) is 8.78 Å². The molecular formula is C19H17F2N5O2. The number of aromatic nitrogens is 5. The summed E-state index contributed by atoms with van der Waals surface area (Å²) < 4.78 is 37.9. The van der Waals surface area contributed by atoms with E-state index in [4.69, 9.17) is 9.15 Å². The van der Waals surface area contributed by atoms with Crippen LogP contribution in [0.3, 0.4) is 0 Å². The van der Waals surface area contributed by atoms with Crippen LogP contribution >= 0.6 is 0 Å². The summed E-state index contributed by atoms with van der Waals surface area (Å²) >= 11 is 0. The topological polar surface area (TPSA) is 78.9 Å². The molecule has 0 saturated heterocycles. The summed E-state index contributed by atoms with van der Waals surface area (Å²) in [6.45, 7) is 4.44.